The van der Waals surface area contributed by atoms with E-state index in [4.69, 9.17) is 20.8 Å². The van der Waals surface area contributed by atoms with Crippen LogP contribution < -0.4 is 4.74 Å². The molecule has 0 fully saturated rings. The van der Waals surface area contributed by atoms with Gasteiger partial charge in [0, 0.05) is 5.02 Å². The average Bonchev–Trinajstić information content (AvgIpc) is 3.06. The van der Waals surface area contributed by atoms with Crippen LogP contribution in [0.3, 0.4) is 0 Å². The summed E-state index contributed by atoms with van der Waals surface area (Å²) in [5.41, 5.74) is 1.62. The Hall–Kier alpha value is -3.32. The molecule has 0 saturated heterocycles. The van der Waals surface area contributed by atoms with Crippen LogP contribution in [0.1, 0.15) is 16.1 Å². The first-order valence-electron chi connectivity index (χ1n) is 7.78. The van der Waals surface area contributed by atoms with E-state index in [0.717, 1.165) is 0 Å². The number of oxazole rings is 1. The predicted molar refractivity (Wildman–Crippen MR) is 100 cm³/mol. The fraction of sp³-hybridized carbons (Fsp3) is 0.105. The van der Waals surface area contributed by atoms with Gasteiger partial charge in [-0.1, -0.05) is 11.6 Å². The van der Waals surface area contributed by atoms with E-state index in [2.05, 4.69) is 14.7 Å². The van der Waals surface area contributed by atoms with Crippen LogP contribution in [0.4, 0.5) is 5.69 Å². The van der Waals surface area contributed by atoms with Gasteiger partial charge in [-0.2, -0.15) is 0 Å². The summed E-state index contributed by atoms with van der Waals surface area (Å²) in [6.07, 6.45) is 1.35. The average molecular weight is 387 g/mol. The van der Waals surface area contributed by atoms with Gasteiger partial charge in [-0.3, -0.25) is 4.99 Å². The number of aromatic hydroxyl groups is 1. The highest BCUT2D eigenvalue weighted by Gasteiger charge is 2.16. The van der Waals surface area contributed by atoms with Gasteiger partial charge in [0.2, 0.25) is 5.89 Å². The van der Waals surface area contributed by atoms with Crippen molar-refractivity contribution in [3.05, 3.63) is 58.7 Å². The highest BCUT2D eigenvalue weighted by atomic mass is 35.5. The lowest BCUT2D eigenvalue weighted by atomic mass is 10.2. The SMILES string of the molecule is COC(=O)c1ccc(N=Cc2nc(-c3cc(Cl)ccc3OC)oc2O)cc1. The van der Waals surface area contributed by atoms with Crippen molar-refractivity contribution in [3.8, 4) is 23.1 Å². The molecule has 3 aromatic rings. The highest BCUT2D eigenvalue weighted by Crippen LogP contribution is 2.34. The lowest BCUT2D eigenvalue weighted by molar-refractivity contribution is 0.0600. The molecule has 1 N–H and O–H groups in total. The summed E-state index contributed by atoms with van der Waals surface area (Å²) in [5.74, 6) is -0.168. The van der Waals surface area contributed by atoms with Gasteiger partial charge in [-0.15, -0.1) is 0 Å². The third kappa shape index (κ3) is 4.09. The molecular formula is C19H15ClN2O5. The molecule has 0 atom stereocenters. The summed E-state index contributed by atoms with van der Waals surface area (Å²) in [5, 5.41) is 10.5. The Bertz CT molecular complexity index is 996. The second kappa shape index (κ2) is 7.92. The largest absolute Gasteiger partial charge is 0.496 e. The van der Waals surface area contributed by atoms with Crippen molar-refractivity contribution >= 4 is 29.5 Å². The number of carbonyl (C=O) groups excluding carboxylic acids is 1. The van der Waals surface area contributed by atoms with Gasteiger partial charge in [-0.25, -0.2) is 9.78 Å². The summed E-state index contributed by atoms with van der Waals surface area (Å²) in [6.45, 7) is 0. The van der Waals surface area contributed by atoms with E-state index in [-0.39, 0.29) is 17.5 Å². The standard InChI is InChI=1S/C19H15ClN2O5/c1-25-16-8-5-12(20)9-14(16)17-22-15(19(24)27-17)10-21-13-6-3-11(4-7-13)18(23)26-2/h3-10,24H,1-2H3. The number of benzene rings is 2. The summed E-state index contributed by atoms with van der Waals surface area (Å²) in [7, 11) is 2.82. The number of aromatic nitrogens is 1. The van der Waals surface area contributed by atoms with Crippen molar-refractivity contribution in [2.75, 3.05) is 14.2 Å². The van der Waals surface area contributed by atoms with Crippen molar-refractivity contribution in [2.24, 2.45) is 4.99 Å². The Labute approximate surface area is 159 Å². The molecular weight excluding hydrogens is 372 g/mol. The summed E-state index contributed by atoms with van der Waals surface area (Å²) < 4.78 is 15.2. The number of hydrogen-bond donors (Lipinski definition) is 1. The van der Waals surface area contributed by atoms with Crippen molar-refractivity contribution in [1.82, 2.24) is 4.98 Å². The normalized spacial score (nSPS) is 10.9. The molecule has 7 nitrogen and oxygen atoms in total. The number of esters is 1. The number of carbonyl (C=O) groups is 1. The predicted octanol–water partition coefficient (Wildman–Crippen LogP) is 4.25. The minimum atomic E-state index is -0.431. The maximum atomic E-state index is 11.4. The van der Waals surface area contributed by atoms with Crippen molar-refractivity contribution < 1.29 is 23.8 Å². The molecule has 138 valence electrons. The zero-order chi connectivity index (χ0) is 19.4. The van der Waals surface area contributed by atoms with Crippen molar-refractivity contribution in [2.45, 2.75) is 0 Å². The van der Waals surface area contributed by atoms with E-state index in [1.807, 2.05) is 0 Å². The Balaban J connectivity index is 1.86. The number of ether oxygens (including phenoxy) is 2. The van der Waals surface area contributed by atoms with Gasteiger partial charge < -0.3 is 19.0 Å². The lowest BCUT2D eigenvalue weighted by Crippen LogP contribution is -1.99. The molecule has 0 aliphatic rings. The fourth-order valence-corrected chi connectivity index (χ4v) is 2.48. The van der Waals surface area contributed by atoms with Gasteiger partial charge in [0.15, 0.2) is 5.69 Å². The molecule has 0 saturated carbocycles. The lowest BCUT2D eigenvalue weighted by Gasteiger charge is -2.04. The van der Waals surface area contributed by atoms with E-state index in [9.17, 15) is 9.90 Å². The second-order valence-corrected chi connectivity index (χ2v) is 5.79. The van der Waals surface area contributed by atoms with Gasteiger partial charge in [0.05, 0.1) is 37.2 Å². The Morgan fingerprint density at radius 2 is 1.96 bits per heavy atom. The fourth-order valence-electron chi connectivity index (χ4n) is 2.31. The molecule has 1 heterocycles. The highest BCUT2D eigenvalue weighted by molar-refractivity contribution is 6.30. The van der Waals surface area contributed by atoms with Crippen molar-refractivity contribution in [3.63, 3.8) is 0 Å². The zero-order valence-electron chi connectivity index (χ0n) is 14.5. The number of methoxy groups -OCH3 is 2. The smallest absolute Gasteiger partial charge is 0.337 e. The number of rotatable bonds is 5. The van der Waals surface area contributed by atoms with Crippen LogP contribution >= 0.6 is 11.6 Å². The molecule has 0 bridgehead atoms. The summed E-state index contributed by atoms with van der Waals surface area (Å²) in [6, 6.07) is 11.4. The number of hydrogen-bond acceptors (Lipinski definition) is 7. The molecule has 8 heteroatoms. The van der Waals surface area contributed by atoms with E-state index in [0.29, 0.717) is 27.6 Å². The third-order valence-corrected chi connectivity index (χ3v) is 3.89. The maximum absolute atomic E-state index is 11.4. The van der Waals surface area contributed by atoms with Gasteiger partial charge in [-0.05, 0) is 42.5 Å². The van der Waals surface area contributed by atoms with Crippen LogP contribution in [-0.4, -0.2) is 36.5 Å². The number of halogens is 1. The molecule has 27 heavy (non-hydrogen) atoms. The van der Waals surface area contributed by atoms with Gasteiger partial charge in [0.1, 0.15) is 5.75 Å². The second-order valence-electron chi connectivity index (χ2n) is 5.35. The molecule has 0 amide bonds. The number of aliphatic imine (C=N–C) groups is 1. The molecule has 2 aromatic carbocycles. The van der Waals surface area contributed by atoms with Crippen molar-refractivity contribution in [1.29, 1.82) is 0 Å². The maximum Gasteiger partial charge on any atom is 0.337 e. The van der Waals surface area contributed by atoms with E-state index in [1.165, 1.54) is 20.4 Å². The summed E-state index contributed by atoms with van der Waals surface area (Å²) in [4.78, 5) is 19.9. The van der Waals surface area contributed by atoms with E-state index < -0.39 is 5.97 Å². The van der Waals surface area contributed by atoms with Gasteiger partial charge >= 0.3 is 11.9 Å². The molecule has 0 spiro atoms. The molecule has 1 aromatic heterocycles. The Morgan fingerprint density at radius 3 is 2.63 bits per heavy atom. The van der Waals surface area contributed by atoms with Crippen LogP contribution in [0.15, 0.2) is 51.9 Å². The third-order valence-electron chi connectivity index (χ3n) is 3.65. The monoisotopic (exact) mass is 386 g/mol. The van der Waals surface area contributed by atoms with Crippen LogP contribution in [-0.2, 0) is 4.74 Å². The Kier molecular flexibility index (Phi) is 5.42. The van der Waals surface area contributed by atoms with Crippen LogP contribution in [0.25, 0.3) is 11.5 Å². The quantitative estimate of drug-likeness (QED) is 0.520. The number of nitrogens with zero attached hydrogens (tertiary/aromatic N) is 2. The minimum absolute atomic E-state index is 0.143. The summed E-state index contributed by atoms with van der Waals surface area (Å²) >= 11 is 6.01. The van der Waals surface area contributed by atoms with Gasteiger partial charge in [0.25, 0.3) is 0 Å². The first kappa shape index (κ1) is 18.5. The van der Waals surface area contributed by atoms with E-state index in [1.54, 1.807) is 42.5 Å². The first-order chi connectivity index (χ1) is 13.0. The van der Waals surface area contributed by atoms with Crippen LogP contribution in [0, 0.1) is 0 Å². The molecule has 0 aliphatic carbocycles. The van der Waals surface area contributed by atoms with E-state index >= 15 is 0 Å². The first-order valence-corrected chi connectivity index (χ1v) is 8.15. The topological polar surface area (TPSA) is 94.2 Å². The zero-order valence-corrected chi connectivity index (χ0v) is 15.2. The Morgan fingerprint density at radius 1 is 1.22 bits per heavy atom. The molecule has 0 radical (unpaired) electrons. The minimum Gasteiger partial charge on any atom is -0.496 e. The molecule has 0 aliphatic heterocycles. The van der Waals surface area contributed by atoms with Crippen LogP contribution in [0.2, 0.25) is 5.02 Å². The molecule has 3 rings (SSSR count). The molecule has 0 unspecified atom stereocenters. The van der Waals surface area contributed by atoms with Crippen LogP contribution in [0.5, 0.6) is 11.7 Å².